The van der Waals surface area contributed by atoms with E-state index >= 15 is 0 Å². The molecule has 1 heterocycles. The molecule has 6 heteroatoms. The highest BCUT2D eigenvalue weighted by Crippen LogP contribution is 2.30. The molecule has 3 rings (SSSR count). The fourth-order valence-corrected chi connectivity index (χ4v) is 3.60. The number of benzene rings is 2. The van der Waals surface area contributed by atoms with Crippen molar-refractivity contribution in [1.29, 1.82) is 0 Å². The predicted octanol–water partition coefficient (Wildman–Crippen LogP) is 5.14. The largest absolute Gasteiger partial charge is 0.496 e. The van der Waals surface area contributed by atoms with Gasteiger partial charge in [-0.1, -0.05) is 31.5 Å². The first-order valence-corrected chi connectivity index (χ1v) is 10.5. The Morgan fingerprint density at radius 3 is 2.39 bits per heavy atom. The van der Waals surface area contributed by atoms with Crippen molar-refractivity contribution >= 4 is 5.91 Å². The minimum atomic E-state index is -0.255. The SMILES string of the molecule is CCCCN(Cc1cccn1Cc1cccc(F)c1)C(=O)c1c(OC)cccc1OC. The Labute approximate surface area is 183 Å². The van der Waals surface area contributed by atoms with Gasteiger partial charge in [0, 0.05) is 25.0 Å². The average molecular weight is 425 g/mol. The number of carbonyl (C=O) groups excluding carboxylic acids is 1. The van der Waals surface area contributed by atoms with Gasteiger partial charge in [-0.15, -0.1) is 0 Å². The molecule has 0 bridgehead atoms. The van der Waals surface area contributed by atoms with Gasteiger partial charge < -0.3 is 18.9 Å². The highest BCUT2D eigenvalue weighted by molar-refractivity contribution is 5.99. The van der Waals surface area contributed by atoms with Crippen molar-refractivity contribution in [1.82, 2.24) is 9.47 Å². The normalized spacial score (nSPS) is 10.7. The first kappa shape index (κ1) is 22.4. The van der Waals surface area contributed by atoms with Gasteiger partial charge in [-0.2, -0.15) is 0 Å². The van der Waals surface area contributed by atoms with Crippen molar-refractivity contribution < 1.29 is 18.7 Å². The predicted molar refractivity (Wildman–Crippen MR) is 119 cm³/mol. The van der Waals surface area contributed by atoms with Crippen LogP contribution in [-0.4, -0.2) is 36.1 Å². The number of hydrogen-bond acceptors (Lipinski definition) is 3. The van der Waals surface area contributed by atoms with Crippen molar-refractivity contribution in [2.24, 2.45) is 0 Å². The van der Waals surface area contributed by atoms with E-state index < -0.39 is 0 Å². The van der Waals surface area contributed by atoms with Crippen LogP contribution in [0.2, 0.25) is 0 Å². The quantitative estimate of drug-likeness (QED) is 0.453. The molecule has 0 aliphatic heterocycles. The lowest BCUT2D eigenvalue weighted by Crippen LogP contribution is -2.33. The summed E-state index contributed by atoms with van der Waals surface area (Å²) in [5.74, 6) is 0.581. The van der Waals surface area contributed by atoms with E-state index in [1.54, 1.807) is 38.5 Å². The topological polar surface area (TPSA) is 43.7 Å². The number of methoxy groups -OCH3 is 2. The van der Waals surface area contributed by atoms with Crippen LogP contribution in [-0.2, 0) is 13.1 Å². The minimum absolute atomic E-state index is 0.138. The lowest BCUT2D eigenvalue weighted by molar-refractivity contribution is 0.0730. The molecular weight excluding hydrogens is 395 g/mol. The number of amides is 1. The molecule has 1 amide bonds. The van der Waals surface area contributed by atoms with E-state index in [1.165, 1.54) is 12.1 Å². The van der Waals surface area contributed by atoms with E-state index in [4.69, 9.17) is 9.47 Å². The van der Waals surface area contributed by atoms with E-state index in [0.29, 0.717) is 36.7 Å². The molecule has 0 saturated carbocycles. The maximum atomic E-state index is 13.6. The molecule has 164 valence electrons. The molecule has 2 aromatic carbocycles. The third kappa shape index (κ3) is 5.45. The summed E-state index contributed by atoms with van der Waals surface area (Å²) in [6, 6.07) is 15.8. The van der Waals surface area contributed by atoms with Gasteiger partial charge in [0.2, 0.25) is 0 Å². The fraction of sp³-hybridized carbons (Fsp3) is 0.320. The molecule has 3 aromatic rings. The van der Waals surface area contributed by atoms with Crippen LogP contribution in [0, 0.1) is 5.82 Å². The van der Waals surface area contributed by atoms with Crippen LogP contribution in [0.4, 0.5) is 4.39 Å². The first-order valence-electron chi connectivity index (χ1n) is 10.5. The van der Waals surface area contributed by atoms with Gasteiger partial charge in [-0.05, 0) is 48.4 Å². The number of ether oxygens (including phenoxy) is 2. The Hall–Kier alpha value is -3.28. The van der Waals surface area contributed by atoms with Crippen LogP contribution in [0.3, 0.4) is 0 Å². The highest BCUT2D eigenvalue weighted by atomic mass is 19.1. The zero-order valence-corrected chi connectivity index (χ0v) is 18.3. The standard InChI is InChI=1S/C25H29FN2O3/c1-4-5-14-28(25(29)24-22(30-2)12-7-13-23(24)31-3)18-21-11-8-15-27(21)17-19-9-6-10-20(26)16-19/h6-13,15-16H,4-5,14,17-18H2,1-3H3. The summed E-state index contributed by atoms with van der Waals surface area (Å²) in [5, 5.41) is 0. The maximum absolute atomic E-state index is 13.6. The van der Waals surface area contributed by atoms with Gasteiger partial charge in [0.05, 0.1) is 20.8 Å². The Balaban J connectivity index is 1.88. The van der Waals surface area contributed by atoms with Crippen LogP contribution >= 0.6 is 0 Å². The summed E-state index contributed by atoms with van der Waals surface area (Å²) in [6.45, 7) is 3.68. The number of aromatic nitrogens is 1. The molecule has 5 nitrogen and oxygen atoms in total. The van der Waals surface area contributed by atoms with E-state index in [0.717, 1.165) is 24.1 Å². The molecule has 0 N–H and O–H groups in total. The Kier molecular flexibility index (Phi) is 7.70. The van der Waals surface area contributed by atoms with Crippen LogP contribution < -0.4 is 9.47 Å². The number of halogens is 1. The van der Waals surface area contributed by atoms with Gasteiger partial charge in [0.15, 0.2) is 0 Å². The molecule has 0 unspecified atom stereocenters. The van der Waals surface area contributed by atoms with Crippen LogP contribution in [0.5, 0.6) is 11.5 Å². The van der Waals surface area contributed by atoms with Gasteiger partial charge >= 0.3 is 0 Å². The number of hydrogen-bond donors (Lipinski definition) is 0. The van der Waals surface area contributed by atoms with E-state index in [-0.39, 0.29) is 11.7 Å². The van der Waals surface area contributed by atoms with Gasteiger partial charge in [0.1, 0.15) is 22.9 Å². The molecule has 31 heavy (non-hydrogen) atoms. The summed E-state index contributed by atoms with van der Waals surface area (Å²) >= 11 is 0. The van der Waals surface area contributed by atoms with Crippen molar-refractivity contribution in [3.8, 4) is 11.5 Å². The first-order chi connectivity index (χ1) is 15.1. The van der Waals surface area contributed by atoms with Crippen molar-refractivity contribution in [3.63, 3.8) is 0 Å². The summed E-state index contributed by atoms with van der Waals surface area (Å²) in [5.41, 5.74) is 2.27. The third-order valence-corrected chi connectivity index (χ3v) is 5.23. The summed E-state index contributed by atoms with van der Waals surface area (Å²) in [6.07, 6.45) is 3.80. The number of rotatable bonds is 10. The second-order valence-electron chi connectivity index (χ2n) is 7.38. The molecule has 0 saturated heterocycles. The Morgan fingerprint density at radius 2 is 1.74 bits per heavy atom. The van der Waals surface area contributed by atoms with E-state index in [2.05, 4.69) is 6.92 Å². The molecule has 0 aliphatic carbocycles. The monoisotopic (exact) mass is 424 g/mol. The van der Waals surface area contributed by atoms with E-state index in [1.807, 2.05) is 33.9 Å². The van der Waals surface area contributed by atoms with Gasteiger partial charge in [-0.3, -0.25) is 4.79 Å². The number of carbonyl (C=O) groups is 1. The highest BCUT2D eigenvalue weighted by Gasteiger charge is 2.24. The summed E-state index contributed by atoms with van der Waals surface area (Å²) < 4.78 is 26.5. The Bertz CT molecular complexity index is 993. The third-order valence-electron chi connectivity index (χ3n) is 5.23. The molecule has 0 radical (unpaired) electrons. The number of unbranched alkanes of at least 4 members (excludes halogenated alkanes) is 1. The van der Waals surface area contributed by atoms with Gasteiger partial charge in [-0.25, -0.2) is 4.39 Å². The molecule has 0 atom stereocenters. The average Bonchev–Trinajstić information content (AvgIpc) is 3.21. The second kappa shape index (κ2) is 10.7. The van der Waals surface area contributed by atoms with Crippen molar-refractivity contribution in [2.45, 2.75) is 32.9 Å². The van der Waals surface area contributed by atoms with Crippen LogP contribution in [0.1, 0.15) is 41.4 Å². The molecule has 0 spiro atoms. The molecule has 1 aromatic heterocycles. The molecular formula is C25H29FN2O3. The van der Waals surface area contributed by atoms with Crippen molar-refractivity contribution in [2.75, 3.05) is 20.8 Å². The van der Waals surface area contributed by atoms with Crippen LogP contribution in [0.25, 0.3) is 0 Å². The van der Waals surface area contributed by atoms with Crippen LogP contribution in [0.15, 0.2) is 60.8 Å². The molecule has 0 aliphatic rings. The smallest absolute Gasteiger partial charge is 0.261 e. The zero-order valence-electron chi connectivity index (χ0n) is 18.3. The lowest BCUT2D eigenvalue weighted by atomic mass is 10.1. The fourth-order valence-electron chi connectivity index (χ4n) is 3.60. The minimum Gasteiger partial charge on any atom is -0.496 e. The Morgan fingerprint density at radius 1 is 1.03 bits per heavy atom. The number of nitrogens with zero attached hydrogens (tertiary/aromatic N) is 2. The summed E-state index contributed by atoms with van der Waals surface area (Å²) in [7, 11) is 3.10. The van der Waals surface area contributed by atoms with Gasteiger partial charge in [0.25, 0.3) is 5.91 Å². The molecule has 0 fully saturated rings. The lowest BCUT2D eigenvalue weighted by Gasteiger charge is -2.25. The summed E-state index contributed by atoms with van der Waals surface area (Å²) in [4.78, 5) is 15.4. The zero-order chi connectivity index (χ0) is 22.2. The second-order valence-corrected chi connectivity index (χ2v) is 7.38. The maximum Gasteiger partial charge on any atom is 0.261 e. The van der Waals surface area contributed by atoms with Crippen molar-refractivity contribution in [3.05, 3.63) is 83.4 Å². The van der Waals surface area contributed by atoms with E-state index in [9.17, 15) is 9.18 Å².